The van der Waals surface area contributed by atoms with Gasteiger partial charge in [-0.2, -0.15) is 0 Å². The van der Waals surface area contributed by atoms with Gasteiger partial charge in [0.1, 0.15) is 0 Å². The number of hydrogen-bond acceptors (Lipinski definition) is 3. The van der Waals surface area contributed by atoms with Gasteiger partial charge in [-0.25, -0.2) is 0 Å². The number of aliphatic hydroxyl groups is 2. The summed E-state index contributed by atoms with van der Waals surface area (Å²) in [5.41, 5.74) is 0. The van der Waals surface area contributed by atoms with Crippen molar-refractivity contribution in [2.45, 2.75) is 39.3 Å². The fourth-order valence-corrected chi connectivity index (χ4v) is 0.374. The molecule has 0 radical (unpaired) electrons. The lowest BCUT2D eigenvalue weighted by Gasteiger charge is -2.13. The monoisotopic (exact) mass is 134 g/mol. The number of hydrogen-bond donors (Lipinski definition) is 2. The van der Waals surface area contributed by atoms with E-state index in [4.69, 9.17) is 10.2 Å². The van der Waals surface area contributed by atoms with E-state index in [9.17, 15) is 0 Å². The molecule has 0 heterocycles. The molecule has 0 saturated carbocycles. The van der Waals surface area contributed by atoms with Gasteiger partial charge in [0.15, 0.2) is 12.6 Å². The minimum Gasteiger partial charge on any atom is -0.368 e. The van der Waals surface area contributed by atoms with Crippen LogP contribution in [0.25, 0.3) is 0 Å². The molecule has 3 nitrogen and oxygen atoms in total. The average Bonchev–Trinajstić information content (AvgIpc) is 1.87. The van der Waals surface area contributed by atoms with Gasteiger partial charge < -0.3 is 14.9 Å². The lowest BCUT2D eigenvalue weighted by Crippen LogP contribution is -2.19. The van der Waals surface area contributed by atoms with Crippen molar-refractivity contribution in [2.75, 3.05) is 0 Å². The quantitative estimate of drug-likeness (QED) is 0.549. The van der Waals surface area contributed by atoms with E-state index >= 15 is 0 Å². The van der Waals surface area contributed by atoms with Crippen LogP contribution in [0.5, 0.6) is 0 Å². The average molecular weight is 134 g/mol. The number of rotatable bonds is 4. The van der Waals surface area contributed by atoms with Crippen molar-refractivity contribution in [2.24, 2.45) is 0 Å². The van der Waals surface area contributed by atoms with Gasteiger partial charge in [-0.15, -0.1) is 0 Å². The van der Waals surface area contributed by atoms with E-state index in [-0.39, 0.29) is 0 Å². The molecule has 2 N–H and O–H groups in total. The van der Waals surface area contributed by atoms with Gasteiger partial charge in [-0.1, -0.05) is 13.8 Å². The summed E-state index contributed by atoms with van der Waals surface area (Å²) in [5.74, 6) is 0. The SMILES string of the molecule is CC[C@@H](O)O[C@@H](O)CC. The Morgan fingerprint density at radius 2 is 1.44 bits per heavy atom. The largest absolute Gasteiger partial charge is 0.368 e. The van der Waals surface area contributed by atoms with Crippen LogP contribution in [0.2, 0.25) is 0 Å². The first-order chi connectivity index (χ1) is 4.20. The molecule has 0 aliphatic carbocycles. The highest BCUT2D eigenvalue weighted by Gasteiger charge is 2.05. The zero-order chi connectivity index (χ0) is 7.28. The zero-order valence-corrected chi connectivity index (χ0v) is 5.87. The third-order valence-electron chi connectivity index (χ3n) is 1.01. The Balaban J connectivity index is 3.22. The molecule has 0 aromatic heterocycles. The van der Waals surface area contributed by atoms with Crippen LogP contribution in [0.1, 0.15) is 26.7 Å². The van der Waals surface area contributed by atoms with Gasteiger partial charge in [-0.3, -0.25) is 0 Å². The second-order valence-corrected chi connectivity index (χ2v) is 1.86. The summed E-state index contributed by atoms with van der Waals surface area (Å²) in [6.45, 7) is 3.57. The molecule has 0 aliphatic rings. The molecule has 0 saturated heterocycles. The summed E-state index contributed by atoms with van der Waals surface area (Å²) < 4.78 is 4.66. The molecule has 0 spiro atoms. The molecule has 2 atom stereocenters. The van der Waals surface area contributed by atoms with Crippen molar-refractivity contribution in [3.05, 3.63) is 0 Å². The predicted octanol–water partition coefficient (Wildman–Crippen LogP) is 0.460. The van der Waals surface area contributed by atoms with Gasteiger partial charge >= 0.3 is 0 Å². The fraction of sp³-hybridized carbons (Fsp3) is 1.00. The van der Waals surface area contributed by atoms with E-state index in [1.54, 1.807) is 13.8 Å². The predicted molar refractivity (Wildman–Crippen MR) is 33.7 cm³/mol. The van der Waals surface area contributed by atoms with Crippen LogP contribution in [-0.2, 0) is 4.74 Å². The second-order valence-electron chi connectivity index (χ2n) is 1.86. The van der Waals surface area contributed by atoms with E-state index in [2.05, 4.69) is 4.74 Å². The van der Waals surface area contributed by atoms with Gasteiger partial charge in [-0.05, 0) is 12.8 Å². The number of aliphatic hydroxyl groups excluding tert-OH is 2. The summed E-state index contributed by atoms with van der Waals surface area (Å²) >= 11 is 0. The van der Waals surface area contributed by atoms with Crippen LogP contribution < -0.4 is 0 Å². The molecule has 0 aliphatic heterocycles. The molecule has 9 heavy (non-hydrogen) atoms. The molecule has 56 valence electrons. The molecule has 0 unspecified atom stereocenters. The smallest absolute Gasteiger partial charge is 0.157 e. The summed E-state index contributed by atoms with van der Waals surface area (Å²) in [5, 5.41) is 17.6. The molecular weight excluding hydrogens is 120 g/mol. The molecular formula is C6H14O3. The minimum absolute atomic E-state index is 0.511. The summed E-state index contributed by atoms with van der Waals surface area (Å²) in [4.78, 5) is 0. The molecule has 0 bridgehead atoms. The highest BCUT2D eigenvalue weighted by Crippen LogP contribution is 1.99. The summed E-state index contributed by atoms with van der Waals surface area (Å²) in [7, 11) is 0. The summed E-state index contributed by atoms with van der Waals surface area (Å²) in [6, 6.07) is 0. The van der Waals surface area contributed by atoms with E-state index in [0.29, 0.717) is 12.8 Å². The van der Waals surface area contributed by atoms with Crippen molar-refractivity contribution in [1.82, 2.24) is 0 Å². The maximum atomic E-state index is 8.78. The maximum Gasteiger partial charge on any atom is 0.157 e. The van der Waals surface area contributed by atoms with E-state index < -0.39 is 12.6 Å². The van der Waals surface area contributed by atoms with E-state index in [1.807, 2.05) is 0 Å². The second kappa shape index (κ2) is 4.73. The van der Waals surface area contributed by atoms with E-state index in [1.165, 1.54) is 0 Å². The van der Waals surface area contributed by atoms with Crippen LogP contribution in [0.4, 0.5) is 0 Å². The molecule has 0 aromatic rings. The van der Waals surface area contributed by atoms with Crippen molar-refractivity contribution < 1.29 is 14.9 Å². The lowest BCUT2D eigenvalue weighted by molar-refractivity contribution is -0.208. The Morgan fingerprint density at radius 1 is 1.11 bits per heavy atom. The Bertz CT molecular complexity index is 57.3. The number of ether oxygens (including phenoxy) is 1. The van der Waals surface area contributed by atoms with Crippen LogP contribution in [0.3, 0.4) is 0 Å². The highest BCUT2D eigenvalue weighted by molar-refractivity contribution is 4.38. The highest BCUT2D eigenvalue weighted by atomic mass is 16.7. The topological polar surface area (TPSA) is 49.7 Å². The lowest BCUT2D eigenvalue weighted by atomic mass is 10.4. The molecule has 3 heteroatoms. The van der Waals surface area contributed by atoms with Gasteiger partial charge in [0.25, 0.3) is 0 Å². The Kier molecular flexibility index (Phi) is 4.67. The van der Waals surface area contributed by atoms with Crippen LogP contribution in [-0.4, -0.2) is 22.8 Å². The van der Waals surface area contributed by atoms with Crippen LogP contribution in [0.15, 0.2) is 0 Å². The van der Waals surface area contributed by atoms with Crippen LogP contribution in [0, 0.1) is 0 Å². The Morgan fingerprint density at radius 3 is 1.67 bits per heavy atom. The maximum absolute atomic E-state index is 8.78. The van der Waals surface area contributed by atoms with Gasteiger partial charge in [0.05, 0.1) is 0 Å². The standard InChI is InChI=1S/C6H14O3/c1-3-5(7)9-6(8)4-2/h5-8H,3-4H2,1-2H3/t5-,6+. The first-order valence-corrected chi connectivity index (χ1v) is 3.22. The van der Waals surface area contributed by atoms with Crippen molar-refractivity contribution in [1.29, 1.82) is 0 Å². The third kappa shape index (κ3) is 4.39. The Labute approximate surface area is 55.3 Å². The van der Waals surface area contributed by atoms with Crippen molar-refractivity contribution >= 4 is 0 Å². The van der Waals surface area contributed by atoms with Gasteiger partial charge in [0.2, 0.25) is 0 Å². The fourth-order valence-electron chi connectivity index (χ4n) is 0.374. The molecule has 0 aromatic carbocycles. The van der Waals surface area contributed by atoms with Gasteiger partial charge in [0, 0.05) is 0 Å². The van der Waals surface area contributed by atoms with E-state index in [0.717, 1.165) is 0 Å². The Hall–Kier alpha value is -0.120. The summed E-state index contributed by atoms with van der Waals surface area (Å²) in [6.07, 6.45) is -0.617. The third-order valence-corrected chi connectivity index (χ3v) is 1.01. The minimum atomic E-state index is -0.819. The van der Waals surface area contributed by atoms with Crippen molar-refractivity contribution in [3.8, 4) is 0 Å². The van der Waals surface area contributed by atoms with Crippen molar-refractivity contribution in [3.63, 3.8) is 0 Å². The normalized spacial score (nSPS) is 17.3. The van der Waals surface area contributed by atoms with Crippen LogP contribution >= 0.6 is 0 Å². The molecule has 0 amide bonds. The first-order valence-electron chi connectivity index (χ1n) is 3.22. The first kappa shape index (κ1) is 8.88. The molecule has 0 rings (SSSR count). The zero-order valence-electron chi connectivity index (χ0n) is 5.87. The molecule has 0 fully saturated rings.